The molecule has 0 aromatic heterocycles. The van der Waals surface area contributed by atoms with Crippen molar-refractivity contribution >= 4 is 31.4 Å². The van der Waals surface area contributed by atoms with Gasteiger partial charge in [0, 0.05) is 24.9 Å². The van der Waals surface area contributed by atoms with Crippen LogP contribution in [0.1, 0.15) is 45.4 Å². The predicted octanol–water partition coefficient (Wildman–Crippen LogP) is 2.75. The number of thioether (sulfide) groups is 1. The van der Waals surface area contributed by atoms with E-state index in [1.54, 1.807) is 11.8 Å². The predicted molar refractivity (Wildman–Crippen MR) is 105 cm³/mol. The second kappa shape index (κ2) is 15.3. The van der Waals surface area contributed by atoms with E-state index < -0.39 is 13.7 Å². The Morgan fingerprint density at radius 2 is 1.81 bits per heavy atom. The van der Waals surface area contributed by atoms with Crippen molar-refractivity contribution in [3.05, 3.63) is 0 Å². The molecule has 0 aliphatic carbocycles. The van der Waals surface area contributed by atoms with E-state index in [2.05, 4.69) is 17.6 Å². The van der Waals surface area contributed by atoms with Crippen molar-refractivity contribution in [2.75, 3.05) is 39.2 Å². The Labute approximate surface area is 160 Å². The monoisotopic (exact) mass is 412 g/mol. The summed E-state index contributed by atoms with van der Waals surface area (Å²) in [6, 6.07) is 0. The third-order valence-electron chi connectivity index (χ3n) is 3.51. The lowest BCUT2D eigenvalue weighted by molar-refractivity contribution is -0.121. The molecule has 0 spiro atoms. The van der Waals surface area contributed by atoms with Gasteiger partial charge in [-0.3, -0.25) is 9.36 Å². The second-order valence-electron chi connectivity index (χ2n) is 6.05. The molecule has 0 aromatic rings. The molecular formula is C16H33N2O6PS. The molecule has 0 fully saturated rings. The summed E-state index contributed by atoms with van der Waals surface area (Å²) in [6.45, 7) is 4.47. The average molecular weight is 412 g/mol. The van der Waals surface area contributed by atoms with Gasteiger partial charge in [0.1, 0.15) is 6.61 Å². The SMILES string of the molecule is CSC(C)CCC(=O)NCCOC(=O)NCCCCCCOP(C)(=O)O. The highest BCUT2D eigenvalue weighted by Gasteiger charge is 2.08. The first-order valence-electron chi connectivity index (χ1n) is 8.89. The zero-order valence-electron chi connectivity index (χ0n) is 16.0. The molecular weight excluding hydrogens is 379 g/mol. The lowest BCUT2D eigenvalue weighted by atomic mass is 10.2. The van der Waals surface area contributed by atoms with Crippen LogP contribution >= 0.6 is 19.4 Å². The third kappa shape index (κ3) is 18.0. The number of rotatable bonds is 15. The van der Waals surface area contributed by atoms with Crippen LogP contribution in [0.4, 0.5) is 4.79 Å². The number of amides is 2. The molecule has 0 aliphatic rings. The fourth-order valence-electron chi connectivity index (χ4n) is 1.93. The van der Waals surface area contributed by atoms with E-state index in [1.807, 2.05) is 6.26 Å². The Morgan fingerprint density at radius 3 is 2.46 bits per heavy atom. The van der Waals surface area contributed by atoms with Crippen LogP contribution in [0.5, 0.6) is 0 Å². The van der Waals surface area contributed by atoms with Crippen molar-refractivity contribution < 1.29 is 28.3 Å². The van der Waals surface area contributed by atoms with Crippen LogP contribution in [0.2, 0.25) is 0 Å². The quantitative estimate of drug-likeness (QED) is 0.280. The van der Waals surface area contributed by atoms with Crippen LogP contribution in [0.25, 0.3) is 0 Å². The smallest absolute Gasteiger partial charge is 0.407 e. The Morgan fingerprint density at radius 1 is 1.12 bits per heavy atom. The number of unbranched alkanes of at least 4 members (excludes halogenated alkanes) is 3. The van der Waals surface area contributed by atoms with Crippen molar-refractivity contribution in [2.24, 2.45) is 0 Å². The minimum absolute atomic E-state index is 0.0282. The first-order valence-corrected chi connectivity index (χ1v) is 12.2. The van der Waals surface area contributed by atoms with Crippen LogP contribution in [-0.4, -0.2) is 61.4 Å². The molecule has 26 heavy (non-hydrogen) atoms. The molecule has 0 radical (unpaired) electrons. The van der Waals surface area contributed by atoms with Gasteiger partial charge >= 0.3 is 13.7 Å². The third-order valence-corrected chi connectivity index (χ3v) is 5.21. The summed E-state index contributed by atoms with van der Waals surface area (Å²) in [5, 5.41) is 5.82. The molecule has 10 heteroatoms. The molecule has 0 heterocycles. The number of ether oxygens (including phenoxy) is 1. The van der Waals surface area contributed by atoms with Crippen molar-refractivity contribution in [2.45, 2.75) is 50.7 Å². The van der Waals surface area contributed by atoms with Crippen LogP contribution in [0.15, 0.2) is 0 Å². The lowest BCUT2D eigenvalue weighted by Gasteiger charge is -2.10. The van der Waals surface area contributed by atoms with Crippen LogP contribution in [-0.2, 0) is 18.6 Å². The zero-order chi connectivity index (χ0) is 19.8. The molecule has 2 amide bonds. The minimum atomic E-state index is -3.37. The highest BCUT2D eigenvalue weighted by Crippen LogP contribution is 2.36. The van der Waals surface area contributed by atoms with Gasteiger partial charge in [-0.2, -0.15) is 11.8 Å². The van der Waals surface area contributed by atoms with Gasteiger partial charge < -0.3 is 24.8 Å². The number of alkyl carbamates (subject to hydrolysis) is 1. The molecule has 154 valence electrons. The van der Waals surface area contributed by atoms with Crippen molar-refractivity contribution in [3.8, 4) is 0 Å². The first kappa shape index (κ1) is 25.2. The van der Waals surface area contributed by atoms with Crippen molar-refractivity contribution in [3.63, 3.8) is 0 Å². The highest BCUT2D eigenvalue weighted by molar-refractivity contribution is 7.99. The molecule has 3 N–H and O–H groups in total. The number of carbonyl (C=O) groups excluding carboxylic acids is 2. The summed E-state index contributed by atoms with van der Waals surface area (Å²) < 4.78 is 20.6. The summed E-state index contributed by atoms with van der Waals surface area (Å²) in [4.78, 5) is 32.0. The summed E-state index contributed by atoms with van der Waals surface area (Å²) in [7, 11) is -3.37. The van der Waals surface area contributed by atoms with Gasteiger partial charge in [0.2, 0.25) is 5.91 Å². The lowest BCUT2D eigenvalue weighted by Crippen LogP contribution is -2.31. The molecule has 0 saturated carbocycles. The topological polar surface area (TPSA) is 114 Å². The molecule has 2 atom stereocenters. The number of hydrogen-bond acceptors (Lipinski definition) is 6. The Bertz CT molecular complexity index is 446. The van der Waals surface area contributed by atoms with E-state index in [0.29, 0.717) is 31.2 Å². The molecule has 0 aliphatic heterocycles. The van der Waals surface area contributed by atoms with Gasteiger partial charge in [0.25, 0.3) is 0 Å². The van der Waals surface area contributed by atoms with Gasteiger partial charge in [0.15, 0.2) is 0 Å². The molecule has 2 unspecified atom stereocenters. The largest absolute Gasteiger partial charge is 0.448 e. The van der Waals surface area contributed by atoms with Crippen LogP contribution in [0.3, 0.4) is 0 Å². The van der Waals surface area contributed by atoms with E-state index in [1.165, 1.54) is 6.66 Å². The zero-order valence-corrected chi connectivity index (χ0v) is 17.7. The van der Waals surface area contributed by atoms with E-state index in [9.17, 15) is 14.2 Å². The maximum absolute atomic E-state index is 11.6. The minimum Gasteiger partial charge on any atom is -0.448 e. The summed E-state index contributed by atoms with van der Waals surface area (Å²) >= 11 is 1.73. The normalized spacial score (nSPS) is 14.3. The standard InChI is InChI=1S/C16H33N2O6PS/c1-14(26-3)8-9-15(19)17-11-13-23-16(20)18-10-6-4-5-7-12-24-25(2,21)22/h14H,4-13H2,1-3H3,(H,17,19)(H,18,20)(H,21,22). The Kier molecular flexibility index (Phi) is 14.9. The number of hydrogen-bond donors (Lipinski definition) is 3. The molecule has 0 bridgehead atoms. The van der Waals surface area contributed by atoms with E-state index in [4.69, 9.17) is 14.2 Å². The average Bonchev–Trinajstić information content (AvgIpc) is 2.57. The van der Waals surface area contributed by atoms with E-state index >= 15 is 0 Å². The van der Waals surface area contributed by atoms with Gasteiger partial charge in [-0.05, 0) is 25.5 Å². The maximum Gasteiger partial charge on any atom is 0.407 e. The van der Waals surface area contributed by atoms with Crippen LogP contribution in [0, 0.1) is 0 Å². The molecule has 0 aromatic carbocycles. The molecule has 0 rings (SSSR count). The fraction of sp³-hybridized carbons (Fsp3) is 0.875. The van der Waals surface area contributed by atoms with Gasteiger partial charge in [-0.15, -0.1) is 0 Å². The van der Waals surface area contributed by atoms with Gasteiger partial charge in [0.05, 0.1) is 13.2 Å². The Balaban J connectivity index is 3.42. The summed E-state index contributed by atoms with van der Waals surface area (Å²) in [6.07, 6.45) is 6.08. The van der Waals surface area contributed by atoms with Gasteiger partial charge in [-0.25, -0.2) is 4.79 Å². The van der Waals surface area contributed by atoms with Crippen molar-refractivity contribution in [1.29, 1.82) is 0 Å². The number of carbonyl (C=O) groups is 2. The summed E-state index contributed by atoms with van der Waals surface area (Å²) in [5.41, 5.74) is 0. The summed E-state index contributed by atoms with van der Waals surface area (Å²) in [5.74, 6) is -0.0282. The maximum atomic E-state index is 11.6. The molecule has 0 saturated heterocycles. The van der Waals surface area contributed by atoms with Crippen molar-refractivity contribution in [1.82, 2.24) is 10.6 Å². The van der Waals surface area contributed by atoms with E-state index in [-0.39, 0.29) is 19.1 Å². The van der Waals surface area contributed by atoms with E-state index in [0.717, 1.165) is 25.7 Å². The second-order valence-corrected chi connectivity index (χ2v) is 9.19. The fourth-order valence-corrected chi connectivity index (χ4v) is 2.75. The Hall–Kier alpha value is -0.760. The van der Waals surface area contributed by atoms with Gasteiger partial charge in [-0.1, -0.05) is 19.8 Å². The molecule has 8 nitrogen and oxygen atoms in total. The first-order chi connectivity index (χ1) is 12.2. The van der Waals surface area contributed by atoms with Crippen LogP contribution < -0.4 is 10.6 Å². The highest BCUT2D eigenvalue weighted by atomic mass is 32.2. The number of nitrogens with one attached hydrogen (secondary N) is 2.